The summed E-state index contributed by atoms with van der Waals surface area (Å²) in [6.45, 7) is 0. The number of para-hydroxylation sites is 1. The first-order valence-corrected chi connectivity index (χ1v) is 8.30. The lowest BCUT2D eigenvalue weighted by Crippen LogP contribution is -2.43. The highest BCUT2D eigenvalue weighted by molar-refractivity contribution is 5.92. The predicted octanol–water partition coefficient (Wildman–Crippen LogP) is 2.64. The van der Waals surface area contributed by atoms with Crippen molar-refractivity contribution in [1.29, 1.82) is 0 Å². The van der Waals surface area contributed by atoms with Crippen molar-refractivity contribution in [3.63, 3.8) is 0 Å². The maximum Gasteiger partial charge on any atom is 0.308 e. The van der Waals surface area contributed by atoms with Crippen molar-refractivity contribution in [2.45, 2.75) is 38.1 Å². The lowest BCUT2D eigenvalue weighted by Gasteiger charge is -2.22. The van der Waals surface area contributed by atoms with Crippen LogP contribution >= 0.6 is 0 Å². The van der Waals surface area contributed by atoms with Gasteiger partial charge in [0.1, 0.15) is 0 Å². The summed E-state index contributed by atoms with van der Waals surface area (Å²) >= 11 is 0. The standard InChI is InChI=1S/C18H21N3O3/c22-17(19-15-10-6-2-5-9-14(15)18(23)24)16-11-12-21(20-16)13-7-3-1-4-8-13/h1,3-4,7-8,11-12,14-15H,2,5-6,9-10H2,(H,19,22)(H,23,24)/t14-,15+/m1/s1. The third-order valence-corrected chi connectivity index (χ3v) is 4.49. The molecule has 0 bridgehead atoms. The summed E-state index contributed by atoms with van der Waals surface area (Å²) in [7, 11) is 0. The average Bonchev–Trinajstić information content (AvgIpc) is 2.97. The Hall–Kier alpha value is -2.63. The molecule has 1 aliphatic rings. The molecule has 1 aromatic heterocycles. The molecule has 2 atom stereocenters. The maximum absolute atomic E-state index is 12.5. The van der Waals surface area contributed by atoms with Crippen LogP contribution in [0, 0.1) is 5.92 Å². The summed E-state index contributed by atoms with van der Waals surface area (Å²) < 4.78 is 1.64. The van der Waals surface area contributed by atoms with Gasteiger partial charge in [0.15, 0.2) is 5.69 Å². The van der Waals surface area contributed by atoms with Gasteiger partial charge >= 0.3 is 5.97 Å². The van der Waals surface area contributed by atoms with Gasteiger partial charge in [0.25, 0.3) is 5.91 Å². The molecule has 6 nitrogen and oxygen atoms in total. The molecular formula is C18H21N3O3. The first-order chi connectivity index (χ1) is 11.6. The second-order valence-corrected chi connectivity index (χ2v) is 6.14. The minimum atomic E-state index is -0.836. The van der Waals surface area contributed by atoms with Gasteiger partial charge in [-0.25, -0.2) is 4.68 Å². The van der Waals surface area contributed by atoms with Crippen LogP contribution in [0.5, 0.6) is 0 Å². The predicted molar refractivity (Wildman–Crippen MR) is 89.0 cm³/mol. The normalized spacial score (nSPS) is 21.0. The molecular weight excluding hydrogens is 306 g/mol. The number of amides is 1. The molecule has 2 N–H and O–H groups in total. The number of carboxylic acids is 1. The number of hydrogen-bond donors (Lipinski definition) is 2. The van der Waals surface area contributed by atoms with Crippen molar-refractivity contribution in [1.82, 2.24) is 15.1 Å². The van der Waals surface area contributed by atoms with Crippen molar-refractivity contribution in [3.8, 4) is 5.69 Å². The summed E-state index contributed by atoms with van der Waals surface area (Å²) in [5, 5.41) is 16.6. The van der Waals surface area contributed by atoms with E-state index in [-0.39, 0.29) is 11.9 Å². The molecule has 1 aromatic carbocycles. The smallest absolute Gasteiger partial charge is 0.308 e. The van der Waals surface area contributed by atoms with E-state index in [1.54, 1.807) is 16.9 Å². The monoisotopic (exact) mass is 327 g/mol. The van der Waals surface area contributed by atoms with Crippen LogP contribution in [0.4, 0.5) is 0 Å². The van der Waals surface area contributed by atoms with Gasteiger partial charge in [0.05, 0.1) is 11.6 Å². The van der Waals surface area contributed by atoms with Crippen LogP contribution in [0.1, 0.15) is 42.6 Å². The van der Waals surface area contributed by atoms with Gasteiger partial charge in [0.2, 0.25) is 0 Å². The molecule has 0 radical (unpaired) electrons. The highest BCUT2D eigenvalue weighted by Gasteiger charge is 2.31. The number of carbonyl (C=O) groups excluding carboxylic acids is 1. The SMILES string of the molecule is O=C(N[C@H]1CCCCC[C@H]1C(=O)O)c1ccn(-c2ccccc2)n1. The van der Waals surface area contributed by atoms with Crippen LogP contribution in [0.2, 0.25) is 0 Å². The second-order valence-electron chi connectivity index (χ2n) is 6.14. The zero-order chi connectivity index (χ0) is 16.9. The molecule has 1 aliphatic carbocycles. The van der Waals surface area contributed by atoms with Gasteiger partial charge in [-0.1, -0.05) is 37.5 Å². The first kappa shape index (κ1) is 16.2. The van der Waals surface area contributed by atoms with Gasteiger partial charge in [-0.05, 0) is 31.0 Å². The first-order valence-electron chi connectivity index (χ1n) is 8.30. The number of aliphatic carboxylic acids is 1. The molecule has 0 unspecified atom stereocenters. The highest BCUT2D eigenvalue weighted by atomic mass is 16.4. The molecule has 0 aliphatic heterocycles. The molecule has 2 aromatic rings. The molecule has 1 amide bonds. The number of rotatable bonds is 4. The molecule has 0 saturated heterocycles. The number of hydrogen-bond acceptors (Lipinski definition) is 3. The number of nitrogens with one attached hydrogen (secondary N) is 1. The van der Waals surface area contributed by atoms with E-state index in [2.05, 4.69) is 10.4 Å². The topological polar surface area (TPSA) is 84.2 Å². The third-order valence-electron chi connectivity index (χ3n) is 4.49. The van der Waals surface area contributed by atoms with E-state index in [0.29, 0.717) is 18.5 Å². The average molecular weight is 327 g/mol. The van der Waals surface area contributed by atoms with E-state index in [0.717, 1.165) is 24.9 Å². The fourth-order valence-electron chi connectivity index (χ4n) is 3.19. The Kier molecular flexibility index (Phi) is 4.93. The maximum atomic E-state index is 12.5. The van der Waals surface area contributed by atoms with Gasteiger partial charge < -0.3 is 10.4 Å². The molecule has 24 heavy (non-hydrogen) atoms. The summed E-state index contributed by atoms with van der Waals surface area (Å²) in [6.07, 6.45) is 5.88. The van der Waals surface area contributed by atoms with Crippen molar-refractivity contribution in [2.24, 2.45) is 5.92 Å². The van der Waals surface area contributed by atoms with Crippen LogP contribution in [-0.2, 0) is 4.79 Å². The minimum absolute atomic E-state index is 0.298. The van der Waals surface area contributed by atoms with Gasteiger partial charge in [-0.15, -0.1) is 0 Å². The summed E-state index contributed by atoms with van der Waals surface area (Å²) in [5.41, 5.74) is 1.17. The largest absolute Gasteiger partial charge is 0.481 e. The number of benzene rings is 1. The van der Waals surface area contributed by atoms with Crippen LogP contribution in [0.15, 0.2) is 42.6 Å². The Morgan fingerprint density at radius 1 is 1.08 bits per heavy atom. The van der Waals surface area contributed by atoms with E-state index in [1.807, 2.05) is 30.3 Å². The van der Waals surface area contributed by atoms with E-state index in [9.17, 15) is 14.7 Å². The Morgan fingerprint density at radius 2 is 1.83 bits per heavy atom. The van der Waals surface area contributed by atoms with Crippen LogP contribution < -0.4 is 5.32 Å². The molecule has 3 rings (SSSR count). The Balaban J connectivity index is 1.72. The van der Waals surface area contributed by atoms with Crippen LogP contribution in [0.25, 0.3) is 5.69 Å². The Labute approximate surface area is 140 Å². The van der Waals surface area contributed by atoms with E-state index in [1.165, 1.54) is 0 Å². The molecule has 6 heteroatoms. The third kappa shape index (κ3) is 3.64. The van der Waals surface area contributed by atoms with Crippen molar-refractivity contribution in [2.75, 3.05) is 0 Å². The van der Waals surface area contributed by atoms with E-state index in [4.69, 9.17) is 0 Å². The fraction of sp³-hybridized carbons (Fsp3) is 0.389. The van der Waals surface area contributed by atoms with Gasteiger partial charge in [0, 0.05) is 12.2 Å². The molecule has 1 saturated carbocycles. The van der Waals surface area contributed by atoms with Crippen LogP contribution in [0.3, 0.4) is 0 Å². The number of nitrogens with zero attached hydrogens (tertiary/aromatic N) is 2. The van der Waals surface area contributed by atoms with Crippen LogP contribution in [-0.4, -0.2) is 32.8 Å². The Bertz CT molecular complexity index is 711. The summed E-state index contributed by atoms with van der Waals surface area (Å²) in [5.74, 6) is -1.67. The fourth-order valence-corrected chi connectivity index (χ4v) is 3.19. The minimum Gasteiger partial charge on any atom is -0.481 e. The Morgan fingerprint density at radius 3 is 2.58 bits per heavy atom. The second kappa shape index (κ2) is 7.29. The lowest BCUT2D eigenvalue weighted by molar-refractivity contribution is -0.142. The lowest BCUT2D eigenvalue weighted by atomic mass is 9.95. The van der Waals surface area contributed by atoms with Gasteiger partial charge in [-0.3, -0.25) is 9.59 Å². The number of carbonyl (C=O) groups is 2. The number of aromatic nitrogens is 2. The van der Waals surface area contributed by atoms with E-state index >= 15 is 0 Å². The summed E-state index contributed by atoms with van der Waals surface area (Å²) in [4.78, 5) is 23.9. The quantitative estimate of drug-likeness (QED) is 0.846. The van der Waals surface area contributed by atoms with Crippen molar-refractivity contribution in [3.05, 3.63) is 48.3 Å². The summed E-state index contributed by atoms with van der Waals surface area (Å²) in [6, 6.07) is 10.8. The molecule has 1 heterocycles. The van der Waals surface area contributed by atoms with Crippen molar-refractivity contribution >= 4 is 11.9 Å². The number of carboxylic acid groups (broad SMARTS) is 1. The van der Waals surface area contributed by atoms with E-state index < -0.39 is 11.9 Å². The molecule has 126 valence electrons. The zero-order valence-electron chi connectivity index (χ0n) is 13.4. The van der Waals surface area contributed by atoms with Crippen molar-refractivity contribution < 1.29 is 14.7 Å². The highest BCUT2D eigenvalue weighted by Crippen LogP contribution is 2.24. The van der Waals surface area contributed by atoms with Gasteiger partial charge in [-0.2, -0.15) is 5.10 Å². The molecule has 1 fully saturated rings. The zero-order valence-corrected chi connectivity index (χ0v) is 13.4. The molecule has 0 spiro atoms.